The van der Waals surface area contributed by atoms with Crippen LogP contribution in [0.4, 0.5) is 0 Å². The van der Waals surface area contributed by atoms with Crippen LogP contribution in [0.25, 0.3) is 10.6 Å². The molecule has 8 heteroatoms. The van der Waals surface area contributed by atoms with Crippen molar-refractivity contribution in [1.29, 1.82) is 0 Å². The van der Waals surface area contributed by atoms with Gasteiger partial charge in [-0.15, -0.1) is 21.5 Å². The van der Waals surface area contributed by atoms with Crippen LogP contribution in [-0.2, 0) is 12.3 Å². The molecule has 2 heterocycles. The van der Waals surface area contributed by atoms with Crippen molar-refractivity contribution in [2.24, 2.45) is 0 Å². The quantitative estimate of drug-likeness (QED) is 0.236. The van der Waals surface area contributed by atoms with E-state index in [4.69, 9.17) is 21.3 Å². The van der Waals surface area contributed by atoms with E-state index in [0.29, 0.717) is 0 Å². The van der Waals surface area contributed by atoms with Crippen LogP contribution in [0.2, 0.25) is 5.02 Å². The molecule has 1 unspecified atom stereocenters. The van der Waals surface area contributed by atoms with Crippen molar-refractivity contribution in [2.75, 3.05) is 0 Å². The number of hydrogen-bond acceptors (Lipinski definition) is 6. The van der Waals surface area contributed by atoms with Gasteiger partial charge in [0.2, 0.25) is 0 Å². The first kappa shape index (κ1) is 23.8. The fourth-order valence-corrected chi connectivity index (χ4v) is 5.71. The number of benzene rings is 2. The van der Waals surface area contributed by atoms with E-state index < -0.39 is 0 Å². The van der Waals surface area contributed by atoms with Crippen LogP contribution in [0.15, 0.2) is 46.9 Å². The molecule has 1 atom stereocenters. The molecule has 172 valence electrons. The summed E-state index contributed by atoms with van der Waals surface area (Å²) in [6, 6.07) is 12.3. The maximum Gasteiger partial charge on any atom is 0.191 e. The average molecular weight is 499 g/mol. The van der Waals surface area contributed by atoms with Crippen molar-refractivity contribution in [3.8, 4) is 16.3 Å². The number of halogens is 1. The number of nitrogens with zero attached hydrogens (tertiary/aromatic N) is 4. The Kier molecular flexibility index (Phi) is 7.41. The Morgan fingerprint density at radius 3 is 2.52 bits per heavy atom. The van der Waals surface area contributed by atoms with Gasteiger partial charge in [0.15, 0.2) is 17.1 Å². The van der Waals surface area contributed by atoms with Crippen LogP contribution in [0.3, 0.4) is 0 Å². The van der Waals surface area contributed by atoms with Gasteiger partial charge in [0, 0.05) is 28.3 Å². The van der Waals surface area contributed by atoms with E-state index in [9.17, 15) is 0 Å². The molecule has 4 aromatic rings. The summed E-state index contributed by atoms with van der Waals surface area (Å²) in [6.07, 6.45) is -0.237. The molecule has 4 rings (SSSR count). The number of aryl methyl sites for hydroxylation is 3. The molecule has 0 bridgehead atoms. The second-order valence-corrected chi connectivity index (χ2v) is 10.1. The number of thioether (sulfide) groups is 1. The molecule has 2 aromatic heterocycles. The number of ether oxygens (including phenoxy) is 1. The normalized spacial score (nSPS) is 12.2. The summed E-state index contributed by atoms with van der Waals surface area (Å²) in [5.41, 5.74) is 5.48. The number of thiazole rings is 1. The van der Waals surface area contributed by atoms with Gasteiger partial charge in [-0.1, -0.05) is 47.6 Å². The molecule has 0 saturated carbocycles. The van der Waals surface area contributed by atoms with Gasteiger partial charge in [-0.05, 0) is 63.4 Å². The summed E-state index contributed by atoms with van der Waals surface area (Å²) < 4.78 is 8.31. The lowest BCUT2D eigenvalue weighted by molar-refractivity contribution is 0.209. The molecule has 0 spiro atoms. The van der Waals surface area contributed by atoms with Crippen LogP contribution >= 0.6 is 34.7 Å². The number of rotatable bonds is 8. The molecule has 0 N–H and O–H groups in total. The lowest BCUT2D eigenvalue weighted by Gasteiger charge is -2.17. The molecule has 0 aliphatic heterocycles. The first-order chi connectivity index (χ1) is 15.9. The first-order valence-corrected chi connectivity index (χ1v) is 13.1. The second kappa shape index (κ2) is 10.3. The fraction of sp³-hybridized carbons (Fsp3) is 0.320. The van der Waals surface area contributed by atoms with Crippen LogP contribution < -0.4 is 4.74 Å². The number of hydrogen-bond donors (Lipinski definition) is 0. The van der Waals surface area contributed by atoms with Crippen LogP contribution in [0, 0.1) is 20.8 Å². The molecule has 33 heavy (non-hydrogen) atoms. The minimum absolute atomic E-state index is 0.237. The SMILES string of the molecule is CCn1c(SCc2csc(-c3ccccc3C)n2)nnc1C(C)Oc1cc(C)c(Cl)c(C)c1. The van der Waals surface area contributed by atoms with E-state index in [1.54, 1.807) is 23.1 Å². The van der Waals surface area contributed by atoms with Crippen molar-refractivity contribution < 1.29 is 4.74 Å². The zero-order chi connectivity index (χ0) is 23.5. The summed E-state index contributed by atoms with van der Waals surface area (Å²) in [5, 5.41) is 13.7. The minimum Gasteiger partial charge on any atom is -0.483 e. The summed E-state index contributed by atoms with van der Waals surface area (Å²) in [4.78, 5) is 4.84. The molecule has 0 radical (unpaired) electrons. The zero-order valence-corrected chi connectivity index (χ0v) is 21.8. The maximum atomic E-state index is 6.29. The second-order valence-electron chi connectivity index (χ2n) is 7.96. The highest BCUT2D eigenvalue weighted by molar-refractivity contribution is 7.98. The van der Waals surface area contributed by atoms with Crippen LogP contribution in [0.1, 0.15) is 48.2 Å². The third-order valence-corrected chi connectivity index (χ3v) is 7.95. The molecule has 0 aliphatic carbocycles. The summed E-state index contributed by atoms with van der Waals surface area (Å²) in [6.45, 7) is 10.9. The lowest BCUT2D eigenvalue weighted by Crippen LogP contribution is -2.12. The first-order valence-electron chi connectivity index (χ1n) is 10.9. The molecule has 0 amide bonds. The average Bonchev–Trinajstić information content (AvgIpc) is 3.43. The lowest BCUT2D eigenvalue weighted by atomic mass is 10.1. The Bertz CT molecular complexity index is 1240. The van der Waals surface area contributed by atoms with E-state index in [1.165, 1.54) is 11.1 Å². The van der Waals surface area contributed by atoms with Crippen molar-refractivity contribution >= 4 is 34.7 Å². The highest BCUT2D eigenvalue weighted by atomic mass is 35.5. The number of aromatic nitrogens is 4. The molecule has 2 aromatic carbocycles. The highest BCUT2D eigenvalue weighted by Gasteiger charge is 2.20. The largest absolute Gasteiger partial charge is 0.483 e. The van der Waals surface area contributed by atoms with Gasteiger partial charge in [0.1, 0.15) is 10.8 Å². The predicted octanol–water partition coefficient (Wildman–Crippen LogP) is 7.43. The van der Waals surface area contributed by atoms with Gasteiger partial charge in [-0.2, -0.15) is 0 Å². The van der Waals surface area contributed by atoms with Gasteiger partial charge >= 0.3 is 0 Å². The van der Waals surface area contributed by atoms with Gasteiger partial charge < -0.3 is 9.30 Å². The van der Waals surface area contributed by atoms with Gasteiger partial charge in [0.25, 0.3) is 0 Å². The Labute approximate surface area is 208 Å². The van der Waals surface area contributed by atoms with Crippen LogP contribution in [-0.4, -0.2) is 19.7 Å². The minimum atomic E-state index is -0.237. The van der Waals surface area contributed by atoms with Gasteiger partial charge in [-0.3, -0.25) is 0 Å². The topological polar surface area (TPSA) is 52.8 Å². The van der Waals surface area contributed by atoms with Gasteiger partial charge in [-0.25, -0.2) is 4.98 Å². The van der Waals surface area contributed by atoms with E-state index in [0.717, 1.165) is 55.9 Å². The smallest absolute Gasteiger partial charge is 0.191 e. The summed E-state index contributed by atoms with van der Waals surface area (Å²) in [7, 11) is 0. The summed E-state index contributed by atoms with van der Waals surface area (Å²) in [5.74, 6) is 2.34. The van der Waals surface area contributed by atoms with E-state index in [-0.39, 0.29) is 6.10 Å². The van der Waals surface area contributed by atoms with Crippen molar-refractivity contribution in [1.82, 2.24) is 19.7 Å². The highest BCUT2D eigenvalue weighted by Crippen LogP contribution is 2.32. The predicted molar refractivity (Wildman–Crippen MR) is 138 cm³/mol. The summed E-state index contributed by atoms with van der Waals surface area (Å²) >= 11 is 9.62. The Morgan fingerprint density at radius 2 is 1.82 bits per heavy atom. The monoisotopic (exact) mass is 498 g/mol. The van der Waals surface area contributed by atoms with Crippen molar-refractivity contribution in [3.63, 3.8) is 0 Å². The molecule has 5 nitrogen and oxygen atoms in total. The zero-order valence-electron chi connectivity index (χ0n) is 19.4. The molecule has 0 fully saturated rings. The fourth-order valence-electron chi connectivity index (χ4n) is 3.68. The molecule has 0 aliphatic rings. The van der Waals surface area contributed by atoms with Crippen molar-refractivity contribution in [3.05, 3.63) is 75.0 Å². The molecular formula is C25H27ClN4OS2. The van der Waals surface area contributed by atoms with E-state index in [2.05, 4.69) is 58.3 Å². The molecule has 0 saturated heterocycles. The van der Waals surface area contributed by atoms with Gasteiger partial charge in [0.05, 0.1) is 5.69 Å². The van der Waals surface area contributed by atoms with Crippen molar-refractivity contribution in [2.45, 2.75) is 58.2 Å². The third kappa shape index (κ3) is 5.26. The standard InChI is InChI=1S/C25H27ClN4OS2/c1-6-30-23(18(5)31-20-11-16(3)22(26)17(4)12-20)28-29-25(30)33-14-19-13-32-24(27-19)21-10-8-7-9-15(21)2/h7-13,18H,6,14H2,1-5H3. The van der Waals surface area contributed by atoms with E-state index >= 15 is 0 Å². The maximum absolute atomic E-state index is 6.29. The Hall–Kier alpha value is -2.35. The Morgan fingerprint density at radius 1 is 1.09 bits per heavy atom. The third-order valence-electron chi connectivity index (χ3n) is 5.42. The van der Waals surface area contributed by atoms with E-state index in [1.807, 2.05) is 32.9 Å². The van der Waals surface area contributed by atoms with Crippen LogP contribution in [0.5, 0.6) is 5.75 Å². The Balaban J connectivity index is 1.46. The molecular weight excluding hydrogens is 472 g/mol.